The highest BCUT2D eigenvalue weighted by molar-refractivity contribution is 7.15. The first-order valence-corrected chi connectivity index (χ1v) is 7.91. The van der Waals surface area contributed by atoms with Gasteiger partial charge in [-0.25, -0.2) is 9.78 Å². The average molecular weight is 314 g/mol. The minimum Gasteiger partial charge on any atom is -0.333 e. The highest BCUT2D eigenvalue weighted by Gasteiger charge is 2.16. The Bertz CT molecular complexity index is 784. The van der Waals surface area contributed by atoms with Crippen LogP contribution < -0.4 is 10.6 Å². The number of hydrogen-bond acceptors (Lipinski definition) is 3. The molecule has 3 aromatic rings. The molecule has 22 heavy (non-hydrogen) atoms. The maximum Gasteiger partial charge on any atom is 0.319 e. The van der Waals surface area contributed by atoms with E-state index in [1.54, 1.807) is 11.3 Å². The predicted molar refractivity (Wildman–Crippen MR) is 90.4 cm³/mol. The molecule has 0 spiro atoms. The number of rotatable bonds is 2. The lowest BCUT2D eigenvalue weighted by molar-refractivity contribution is 0.244. The zero-order chi connectivity index (χ0) is 15.7. The van der Waals surface area contributed by atoms with E-state index >= 15 is 0 Å². The van der Waals surface area contributed by atoms with E-state index in [1.807, 2.05) is 67.2 Å². The number of urea groups is 1. The third kappa shape index (κ3) is 3.12. The Kier molecular flexibility index (Phi) is 3.62. The number of carbonyl (C=O) groups is 1. The van der Waals surface area contributed by atoms with Crippen molar-refractivity contribution in [3.63, 3.8) is 0 Å². The van der Waals surface area contributed by atoms with Gasteiger partial charge in [0.1, 0.15) is 0 Å². The molecule has 0 saturated carbocycles. The molecule has 2 aromatic heterocycles. The standard InChI is InChI=1S/C16H18N4OS/c1-16(2,3)19-14(21)17-12-7-5-4-6-11(12)13-10-20-8-9-22-15(20)18-13/h4-10H,1-3H3,(H2,17,19,21). The molecule has 0 bridgehead atoms. The van der Waals surface area contributed by atoms with Crippen molar-refractivity contribution >= 4 is 28.0 Å². The first-order chi connectivity index (χ1) is 10.4. The molecule has 1 aromatic carbocycles. The Labute approximate surface area is 133 Å². The van der Waals surface area contributed by atoms with Gasteiger partial charge in [-0.1, -0.05) is 18.2 Å². The third-order valence-electron chi connectivity index (χ3n) is 3.03. The molecule has 3 rings (SSSR count). The van der Waals surface area contributed by atoms with Crippen molar-refractivity contribution < 1.29 is 4.79 Å². The fourth-order valence-electron chi connectivity index (χ4n) is 2.17. The number of fused-ring (bicyclic) bond motifs is 1. The number of amides is 2. The van der Waals surface area contributed by atoms with Gasteiger partial charge in [0.2, 0.25) is 0 Å². The zero-order valence-corrected chi connectivity index (χ0v) is 13.6. The third-order valence-corrected chi connectivity index (χ3v) is 3.80. The fraction of sp³-hybridized carbons (Fsp3) is 0.250. The van der Waals surface area contributed by atoms with Crippen LogP contribution in [0.25, 0.3) is 16.2 Å². The number of thiazole rings is 1. The summed E-state index contributed by atoms with van der Waals surface area (Å²) >= 11 is 1.58. The second-order valence-electron chi connectivity index (χ2n) is 6.09. The van der Waals surface area contributed by atoms with Gasteiger partial charge in [0.05, 0.1) is 11.4 Å². The number of hydrogen-bond donors (Lipinski definition) is 2. The van der Waals surface area contributed by atoms with Crippen LogP contribution in [0.15, 0.2) is 42.0 Å². The van der Waals surface area contributed by atoms with Gasteiger partial charge in [-0.3, -0.25) is 4.40 Å². The first kappa shape index (κ1) is 14.6. The summed E-state index contributed by atoms with van der Waals surface area (Å²) in [4.78, 5) is 17.6. The quantitative estimate of drug-likeness (QED) is 0.751. The zero-order valence-electron chi connectivity index (χ0n) is 12.8. The topological polar surface area (TPSA) is 58.4 Å². The van der Waals surface area contributed by atoms with Crippen LogP contribution in [0.2, 0.25) is 0 Å². The van der Waals surface area contributed by atoms with E-state index in [-0.39, 0.29) is 11.6 Å². The van der Waals surface area contributed by atoms with Crippen LogP contribution >= 0.6 is 11.3 Å². The predicted octanol–water partition coefficient (Wildman–Crippen LogP) is 3.98. The number of aromatic nitrogens is 2. The Morgan fingerprint density at radius 2 is 2.05 bits per heavy atom. The van der Waals surface area contributed by atoms with Gasteiger partial charge in [-0.05, 0) is 26.8 Å². The molecule has 0 aliphatic rings. The molecule has 0 radical (unpaired) electrons. The van der Waals surface area contributed by atoms with Gasteiger partial charge in [0, 0.05) is 28.9 Å². The fourth-order valence-corrected chi connectivity index (χ4v) is 2.87. The van der Waals surface area contributed by atoms with E-state index in [0.29, 0.717) is 0 Å². The number of benzene rings is 1. The molecular formula is C16H18N4OS. The van der Waals surface area contributed by atoms with E-state index in [1.165, 1.54) is 0 Å². The van der Waals surface area contributed by atoms with Crippen LogP contribution in [0.5, 0.6) is 0 Å². The summed E-state index contributed by atoms with van der Waals surface area (Å²) in [5, 5.41) is 7.79. The average Bonchev–Trinajstić information content (AvgIpc) is 2.97. The Morgan fingerprint density at radius 3 is 2.77 bits per heavy atom. The molecule has 2 N–H and O–H groups in total. The number of imidazole rings is 1. The molecule has 2 heterocycles. The van der Waals surface area contributed by atoms with Crippen molar-refractivity contribution in [3.8, 4) is 11.3 Å². The van der Waals surface area contributed by atoms with Crippen molar-refractivity contribution in [1.82, 2.24) is 14.7 Å². The van der Waals surface area contributed by atoms with Gasteiger partial charge >= 0.3 is 6.03 Å². The first-order valence-electron chi connectivity index (χ1n) is 7.03. The molecule has 0 unspecified atom stereocenters. The number of carbonyl (C=O) groups excluding carboxylic acids is 1. The Morgan fingerprint density at radius 1 is 1.27 bits per heavy atom. The summed E-state index contributed by atoms with van der Waals surface area (Å²) in [6.45, 7) is 5.84. The van der Waals surface area contributed by atoms with Gasteiger partial charge in [0.25, 0.3) is 0 Å². The minimum absolute atomic E-state index is 0.221. The minimum atomic E-state index is -0.282. The van der Waals surface area contributed by atoms with Crippen molar-refractivity contribution in [2.75, 3.05) is 5.32 Å². The van der Waals surface area contributed by atoms with Crippen LogP contribution in [0.4, 0.5) is 10.5 Å². The number of para-hydroxylation sites is 1. The van der Waals surface area contributed by atoms with E-state index in [9.17, 15) is 4.79 Å². The molecule has 114 valence electrons. The molecule has 6 heteroatoms. The van der Waals surface area contributed by atoms with Gasteiger partial charge in [0.15, 0.2) is 4.96 Å². The second-order valence-corrected chi connectivity index (χ2v) is 6.97. The molecule has 5 nitrogen and oxygen atoms in total. The molecular weight excluding hydrogens is 296 g/mol. The van der Waals surface area contributed by atoms with Gasteiger partial charge in [-0.2, -0.15) is 0 Å². The van der Waals surface area contributed by atoms with Crippen LogP contribution in [-0.4, -0.2) is 21.0 Å². The van der Waals surface area contributed by atoms with E-state index < -0.39 is 0 Å². The molecule has 2 amide bonds. The molecule has 0 saturated heterocycles. The van der Waals surface area contributed by atoms with Crippen molar-refractivity contribution in [1.29, 1.82) is 0 Å². The summed E-state index contributed by atoms with van der Waals surface area (Å²) < 4.78 is 1.98. The van der Waals surface area contributed by atoms with Crippen molar-refractivity contribution in [2.24, 2.45) is 0 Å². The normalized spacial score (nSPS) is 11.6. The van der Waals surface area contributed by atoms with Crippen LogP contribution in [-0.2, 0) is 0 Å². The van der Waals surface area contributed by atoms with Crippen molar-refractivity contribution in [2.45, 2.75) is 26.3 Å². The molecule has 0 aliphatic heterocycles. The number of nitrogens with zero attached hydrogens (tertiary/aromatic N) is 2. The largest absolute Gasteiger partial charge is 0.333 e. The van der Waals surface area contributed by atoms with Crippen LogP contribution in [0.3, 0.4) is 0 Å². The maximum absolute atomic E-state index is 12.1. The number of nitrogens with one attached hydrogen (secondary N) is 2. The Balaban J connectivity index is 1.90. The molecule has 0 aliphatic carbocycles. The van der Waals surface area contributed by atoms with Gasteiger partial charge < -0.3 is 10.6 Å². The van der Waals surface area contributed by atoms with Crippen molar-refractivity contribution in [3.05, 3.63) is 42.0 Å². The van der Waals surface area contributed by atoms with E-state index in [4.69, 9.17) is 0 Å². The summed E-state index contributed by atoms with van der Waals surface area (Å²) in [6, 6.07) is 7.45. The smallest absolute Gasteiger partial charge is 0.319 e. The lowest BCUT2D eigenvalue weighted by Crippen LogP contribution is -2.43. The summed E-state index contributed by atoms with van der Waals surface area (Å²) in [7, 11) is 0. The lowest BCUT2D eigenvalue weighted by Gasteiger charge is -2.21. The summed E-state index contributed by atoms with van der Waals surface area (Å²) in [6.07, 6.45) is 3.94. The monoisotopic (exact) mass is 314 g/mol. The maximum atomic E-state index is 12.1. The van der Waals surface area contributed by atoms with E-state index in [2.05, 4.69) is 15.6 Å². The number of anilines is 1. The summed E-state index contributed by atoms with van der Waals surface area (Å²) in [5.41, 5.74) is 2.21. The SMILES string of the molecule is CC(C)(C)NC(=O)Nc1ccccc1-c1cn2ccsc2n1. The highest BCUT2D eigenvalue weighted by atomic mass is 32.1. The summed E-state index contributed by atoms with van der Waals surface area (Å²) in [5.74, 6) is 0. The van der Waals surface area contributed by atoms with Crippen LogP contribution in [0, 0.1) is 0 Å². The molecule has 0 fully saturated rings. The second kappa shape index (κ2) is 5.46. The lowest BCUT2D eigenvalue weighted by atomic mass is 10.1. The van der Waals surface area contributed by atoms with Gasteiger partial charge in [-0.15, -0.1) is 11.3 Å². The highest BCUT2D eigenvalue weighted by Crippen LogP contribution is 2.28. The Hall–Kier alpha value is -2.34. The molecule has 0 atom stereocenters. The van der Waals surface area contributed by atoms with Crippen LogP contribution in [0.1, 0.15) is 20.8 Å². The van der Waals surface area contributed by atoms with E-state index in [0.717, 1.165) is 21.9 Å².